The van der Waals surface area contributed by atoms with E-state index in [0.717, 1.165) is 30.3 Å². The Morgan fingerprint density at radius 1 is 1.55 bits per heavy atom. The standard InChI is InChI=1S/C15H21N5OS/c1-11-10-20(8-9-21-11)14(16)17-6-7-18-15-19-12-4-2-3-5-13(12)22-15/h2-5,11H,6-10H2,1H3,(H2,16,17)(H,18,19). The van der Waals surface area contributed by atoms with Crippen LogP contribution in [0.4, 0.5) is 5.13 Å². The number of morpholine rings is 1. The lowest BCUT2D eigenvalue weighted by Crippen LogP contribution is -2.48. The number of nitrogens with two attached hydrogens (primary N) is 1. The van der Waals surface area contributed by atoms with Gasteiger partial charge in [-0.1, -0.05) is 23.5 Å². The monoisotopic (exact) mass is 319 g/mol. The van der Waals surface area contributed by atoms with Gasteiger partial charge in [0.25, 0.3) is 0 Å². The second-order valence-corrected chi connectivity index (χ2v) is 6.31. The third-order valence-corrected chi connectivity index (χ3v) is 4.51. The fraction of sp³-hybridized carbons (Fsp3) is 0.467. The normalized spacial score (nSPS) is 19.6. The first-order chi connectivity index (χ1) is 10.7. The van der Waals surface area contributed by atoms with E-state index in [-0.39, 0.29) is 6.10 Å². The van der Waals surface area contributed by atoms with E-state index in [2.05, 4.69) is 26.3 Å². The first kappa shape index (κ1) is 15.1. The van der Waals surface area contributed by atoms with Crippen molar-refractivity contribution in [2.75, 3.05) is 38.1 Å². The van der Waals surface area contributed by atoms with Crippen LogP contribution in [0.1, 0.15) is 6.92 Å². The number of ether oxygens (including phenoxy) is 1. The zero-order valence-electron chi connectivity index (χ0n) is 12.7. The van der Waals surface area contributed by atoms with Crippen molar-refractivity contribution in [1.29, 1.82) is 0 Å². The summed E-state index contributed by atoms with van der Waals surface area (Å²) in [6, 6.07) is 8.12. The summed E-state index contributed by atoms with van der Waals surface area (Å²) >= 11 is 1.66. The lowest BCUT2D eigenvalue weighted by molar-refractivity contribution is 0.00531. The third-order valence-electron chi connectivity index (χ3n) is 3.52. The van der Waals surface area contributed by atoms with Crippen LogP contribution in [0.15, 0.2) is 29.3 Å². The maximum Gasteiger partial charge on any atom is 0.191 e. The first-order valence-electron chi connectivity index (χ1n) is 7.48. The number of para-hydroxylation sites is 1. The van der Waals surface area contributed by atoms with Crippen LogP contribution in [0.3, 0.4) is 0 Å². The summed E-state index contributed by atoms with van der Waals surface area (Å²) in [6.07, 6.45) is 0.211. The Hall–Kier alpha value is -1.86. The Morgan fingerprint density at radius 2 is 2.41 bits per heavy atom. The Labute approximate surface area is 134 Å². The van der Waals surface area contributed by atoms with Gasteiger partial charge >= 0.3 is 0 Å². The Balaban J connectivity index is 1.49. The highest BCUT2D eigenvalue weighted by atomic mass is 32.1. The van der Waals surface area contributed by atoms with E-state index in [9.17, 15) is 0 Å². The quantitative estimate of drug-likeness (QED) is 0.510. The van der Waals surface area contributed by atoms with Gasteiger partial charge in [0.2, 0.25) is 0 Å². The predicted octanol–water partition coefficient (Wildman–Crippen LogP) is 1.74. The van der Waals surface area contributed by atoms with Crippen molar-refractivity contribution in [3.8, 4) is 0 Å². The Morgan fingerprint density at radius 3 is 3.23 bits per heavy atom. The van der Waals surface area contributed by atoms with Crippen molar-refractivity contribution in [3.63, 3.8) is 0 Å². The van der Waals surface area contributed by atoms with Gasteiger partial charge in [-0.3, -0.25) is 4.99 Å². The van der Waals surface area contributed by atoms with Crippen molar-refractivity contribution in [3.05, 3.63) is 24.3 Å². The van der Waals surface area contributed by atoms with Gasteiger partial charge in [0.05, 0.1) is 29.5 Å². The molecule has 0 bridgehead atoms. The summed E-state index contributed by atoms with van der Waals surface area (Å²) in [6.45, 7) is 5.73. The average molecular weight is 319 g/mol. The molecule has 1 aromatic carbocycles. The average Bonchev–Trinajstić information content (AvgIpc) is 2.94. The molecule has 1 atom stereocenters. The van der Waals surface area contributed by atoms with Gasteiger partial charge in [0.15, 0.2) is 11.1 Å². The number of nitrogens with one attached hydrogen (secondary N) is 1. The fourth-order valence-electron chi connectivity index (χ4n) is 2.41. The number of nitrogens with zero attached hydrogens (tertiary/aromatic N) is 3. The summed E-state index contributed by atoms with van der Waals surface area (Å²) in [5.74, 6) is 0.598. The molecule has 1 saturated heterocycles. The van der Waals surface area contributed by atoms with Gasteiger partial charge in [-0.15, -0.1) is 0 Å². The molecule has 0 radical (unpaired) electrons. The molecule has 1 fully saturated rings. The molecule has 6 nitrogen and oxygen atoms in total. The van der Waals surface area contributed by atoms with Crippen molar-refractivity contribution in [2.45, 2.75) is 13.0 Å². The van der Waals surface area contributed by atoms with Gasteiger partial charge < -0.3 is 20.7 Å². The molecule has 22 heavy (non-hydrogen) atoms. The molecule has 0 amide bonds. The molecular weight excluding hydrogens is 298 g/mol. The van der Waals surface area contributed by atoms with Crippen molar-refractivity contribution < 1.29 is 4.74 Å². The highest BCUT2D eigenvalue weighted by molar-refractivity contribution is 7.22. The molecular formula is C15H21N5OS. The van der Waals surface area contributed by atoms with E-state index in [1.807, 2.05) is 25.1 Å². The third kappa shape index (κ3) is 3.66. The summed E-state index contributed by atoms with van der Waals surface area (Å²) in [5, 5.41) is 4.23. The molecule has 1 aliphatic rings. The van der Waals surface area contributed by atoms with Gasteiger partial charge in [-0.05, 0) is 19.1 Å². The molecule has 2 heterocycles. The number of fused-ring (bicyclic) bond motifs is 1. The second-order valence-electron chi connectivity index (χ2n) is 5.28. The summed E-state index contributed by atoms with van der Waals surface area (Å²) in [5.41, 5.74) is 7.06. The minimum Gasteiger partial charge on any atom is -0.375 e. The second kappa shape index (κ2) is 6.93. The Kier molecular flexibility index (Phi) is 4.74. The molecule has 0 spiro atoms. The summed E-state index contributed by atoms with van der Waals surface area (Å²) in [4.78, 5) is 11.0. The number of rotatable bonds is 4. The smallest absolute Gasteiger partial charge is 0.191 e. The molecule has 1 aromatic heterocycles. The number of thiazole rings is 1. The largest absolute Gasteiger partial charge is 0.375 e. The van der Waals surface area contributed by atoms with Crippen LogP contribution >= 0.6 is 11.3 Å². The van der Waals surface area contributed by atoms with Gasteiger partial charge in [0, 0.05) is 19.6 Å². The van der Waals surface area contributed by atoms with E-state index < -0.39 is 0 Å². The number of hydrogen-bond donors (Lipinski definition) is 2. The van der Waals surface area contributed by atoms with E-state index in [0.29, 0.717) is 19.1 Å². The van der Waals surface area contributed by atoms with E-state index in [4.69, 9.17) is 10.5 Å². The molecule has 0 saturated carbocycles. The van der Waals surface area contributed by atoms with Crippen LogP contribution in [0.5, 0.6) is 0 Å². The summed E-state index contributed by atoms with van der Waals surface area (Å²) in [7, 11) is 0. The molecule has 1 unspecified atom stereocenters. The van der Waals surface area contributed by atoms with Gasteiger partial charge in [0.1, 0.15) is 0 Å². The maximum atomic E-state index is 6.03. The maximum absolute atomic E-state index is 6.03. The van der Waals surface area contributed by atoms with E-state index in [1.54, 1.807) is 11.3 Å². The zero-order chi connectivity index (χ0) is 15.4. The van der Waals surface area contributed by atoms with Crippen LogP contribution in [-0.2, 0) is 4.74 Å². The van der Waals surface area contributed by atoms with E-state index in [1.165, 1.54) is 4.70 Å². The minimum absolute atomic E-state index is 0.211. The minimum atomic E-state index is 0.211. The number of aromatic nitrogens is 1. The molecule has 2 aromatic rings. The summed E-state index contributed by atoms with van der Waals surface area (Å²) < 4.78 is 6.69. The fourth-order valence-corrected chi connectivity index (χ4v) is 3.30. The van der Waals surface area contributed by atoms with Crippen LogP contribution < -0.4 is 11.1 Å². The number of hydrogen-bond acceptors (Lipinski definition) is 5. The van der Waals surface area contributed by atoms with Crippen molar-refractivity contribution in [1.82, 2.24) is 9.88 Å². The number of benzene rings is 1. The SMILES string of the molecule is CC1CN(C(N)=NCCNc2nc3ccccc3s2)CCO1. The molecule has 7 heteroatoms. The Bertz CT molecular complexity index is 623. The van der Waals surface area contributed by atoms with Crippen molar-refractivity contribution >= 4 is 32.6 Å². The first-order valence-corrected chi connectivity index (χ1v) is 8.30. The number of anilines is 1. The number of aliphatic imine (C=N–C) groups is 1. The lowest BCUT2D eigenvalue weighted by Gasteiger charge is -2.31. The molecule has 3 rings (SSSR count). The highest BCUT2D eigenvalue weighted by Crippen LogP contribution is 2.24. The van der Waals surface area contributed by atoms with Crippen LogP contribution in [0.2, 0.25) is 0 Å². The molecule has 0 aliphatic carbocycles. The van der Waals surface area contributed by atoms with Gasteiger partial charge in [-0.2, -0.15) is 0 Å². The topological polar surface area (TPSA) is 75.8 Å². The number of guanidine groups is 1. The van der Waals surface area contributed by atoms with Crippen LogP contribution in [0.25, 0.3) is 10.2 Å². The molecule has 118 valence electrons. The van der Waals surface area contributed by atoms with Gasteiger partial charge in [-0.25, -0.2) is 4.98 Å². The molecule has 1 aliphatic heterocycles. The molecule has 3 N–H and O–H groups in total. The highest BCUT2D eigenvalue weighted by Gasteiger charge is 2.17. The predicted molar refractivity (Wildman–Crippen MR) is 91.6 cm³/mol. The van der Waals surface area contributed by atoms with Crippen LogP contribution in [-0.4, -0.2) is 54.7 Å². The zero-order valence-corrected chi connectivity index (χ0v) is 13.5. The van der Waals surface area contributed by atoms with Crippen LogP contribution in [0, 0.1) is 0 Å². The van der Waals surface area contributed by atoms with Crippen molar-refractivity contribution in [2.24, 2.45) is 10.7 Å². The lowest BCUT2D eigenvalue weighted by atomic mass is 10.3. The van der Waals surface area contributed by atoms with E-state index >= 15 is 0 Å².